The molecule has 0 aromatic heterocycles. The van der Waals surface area contributed by atoms with E-state index in [1.807, 2.05) is 13.0 Å². The Morgan fingerprint density at radius 3 is 2.45 bits per heavy atom. The van der Waals surface area contributed by atoms with Crippen molar-refractivity contribution in [3.8, 4) is 0 Å². The van der Waals surface area contributed by atoms with E-state index in [9.17, 15) is 4.79 Å². The van der Waals surface area contributed by atoms with E-state index in [4.69, 9.17) is 5.11 Å². The molecule has 1 rings (SSSR count). The molecule has 1 aromatic carbocycles. The Morgan fingerprint density at radius 2 is 2.09 bits per heavy atom. The second-order valence-electron chi connectivity index (χ2n) is 2.17. The predicted molar refractivity (Wildman–Crippen MR) is 38.1 cm³/mol. The normalized spacial score (nSPS) is 8.45. The van der Waals surface area contributed by atoms with Gasteiger partial charge in [-0.05, 0) is 19.1 Å². The van der Waals surface area contributed by atoms with Crippen molar-refractivity contribution in [2.45, 2.75) is 6.92 Å². The van der Waals surface area contributed by atoms with Crippen molar-refractivity contribution < 1.29 is 26.4 Å². The molecule has 2 nitrogen and oxygen atoms in total. The zero-order chi connectivity index (χ0) is 7.56. The van der Waals surface area contributed by atoms with E-state index in [1.165, 1.54) is 0 Å². The molecule has 0 aliphatic carbocycles. The van der Waals surface area contributed by atoms with Gasteiger partial charge in [-0.1, -0.05) is 17.7 Å². The van der Waals surface area contributed by atoms with Crippen molar-refractivity contribution in [1.82, 2.24) is 0 Å². The number of aromatic carboxylic acids is 1. The van der Waals surface area contributed by atoms with E-state index in [2.05, 4.69) is 0 Å². The van der Waals surface area contributed by atoms with Crippen LogP contribution < -0.4 is 0 Å². The van der Waals surface area contributed by atoms with Crippen LogP contribution in [0.25, 0.3) is 0 Å². The van der Waals surface area contributed by atoms with Gasteiger partial charge in [-0.3, -0.25) is 0 Å². The average molecular weight is 195 g/mol. The van der Waals surface area contributed by atoms with Crippen LogP contribution in [0.4, 0.5) is 0 Å². The van der Waals surface area contributed by atoms with Crippen LogP contribution in [0.3, 0.4) is 0 Å². The number of carboxylic acids is 1. The number of aryl methyl sites for hydroxylation is 1. The molecular weight excluding hydrogens is 187 g/mol. The Balaban J connectivity index is 0.000001000. The summed E-state index contributed by atoms with van der Waals surface area (Å²) in [4.78, 5) is 10.4. The summed E-state index contributed by atoms with van der Waals surface area (Å²) in [5.41, 5.74) is 1.32. The topological polar surface area (TPSA) is 37.3 Å². The molecular formula is C8H8NiO2. The summed E-state index contributed by atoms with van der Waals surface area (Å²) in [6.07, 6.45) is 0. The van der Waals surface area contributed by atoms with E-state index >= 15 is 0 Å². The number of hydrogen-bond donors (Lipinski definition) is 1. The molecule has 0 bridgehead atoms. The van der Waals surface area contributed by atoms with E-state index < -0.39 is 5.97 Å². The van der Waals surface area contributed by atoms with Crippen molar-refractivity contribution in [2.75, 3.05) is 0 Å². The Kier molecular flexibility index (Phi) is 3.84. The fourth-order valence-corrected chi connectivity index (χ4v) is 0.778. The third kappa shape index (κ3) is 2.73. The largest absolute Gasteiger partial charge is 0.478 e. The minimum Gasteiger partial charge on any atom is -0.478 e. The molecule has 0 radical (unpaired) electrons. The maximum atomic E-state index is 10.4. The van der Waals surface area contributed by atoms with Crippen LogP contribution in [0, 0.1) is 6.92 Å². The first kappa shape index (κ1) is 10.2. The van der Waals surface area contributed by atoms with E-state index in [1.54, 1.807) is 18.2 Å². The van der Waals surface area contributed by atoms with Gasteiger partial charge in [-0.2, -0.15) is 0 Å². The summed E-state index contributed by atoms with van der Waals surface area (Å²) in [7, 11) is 0. The average Bonchev–Trinajstić information content (AvgIpc) is 1.88. The molecule has 0 saturated heterocycles. The van der Waals surface area contributed by atoms with Gasteiger partial charge in [0.1, 0.15) is 0 Å². The Morgan fingerprint density at radius 1 is 1.45 bits per heavy atom. The minimum absolute atomic E-state index is 0. The maximum absolute atomic E-state index is 10.4. The number of rotatable bonds is 1. The summed E-state index contributed by atoms with van der Waals surface area (Å²) in [6.45, 7) is 1.87. The van der Waals surface area contributed by atoms with Gasteiger partial charge in [-0.25, -0.2) is 4.79 Å². The molecule has 3 heteroatoms. The monoisotopic (exact) mass is 194 g/mol. The summed E-state index contributed by atoms with van der Waals surface area (Å²) in [5, 5.41) is 8.51. The van der Waals surface area contributed by atoms with Gasteiger partial charge in [0, 0.05) is 16.5 Å². The van der Waals surface area contributed by atoms with Crippen LogP contribution in [0.1, 0.15) is 15.9 Å². The first-order valence-corrected chi connectivity index (χ1v) is 3.00. The molecule has 0 unspecified atom stereocenters. The summed E-state index contributed by atoms with van der Waals surface area (Å²) in [6, 6.07) is 6.82. The number of carboxylic acid groups (broad SMARTS) is 1. The molecule has 0 heterocycles. The molecule has 0 atom stereocenters. The van der Waals surface area contributed by atoms with Crippen molar-refractivity contribution in [1.29, 1.82) is 0 Å². The third-order valence-corrected chi connectivity index (χ3v) is 1.27. The van der Waals surface area contributed by atoms with Gasteiger partial charge in [0.05, 0.1) is 5.56 Å². The van der Waals surface area contributed by atoms with Gasteiger partial charge >= 0.3 is 5.97 Å². The van der Waals surface area contributed by atoms with Gasteiger partial charge in [0.2, 0.25) is 0 Å². The maximum Gasteiger partial charge on any atom is 0.335 e. The van der Waals surface area contributed by atoms with Gasteiger partial charge < -0.3 is 5.11 Å². The second-order valence-corrected chi connectivity index (χ2v) is 2.17. The zero-order valence-corrected chi connectivity index (χ0v) is 6.97. The predicted octanol–water partition coefficient (Wildman–Crippen LogP) is 1.69. The fraction of sp³-hybridized carbons (Fsp3) is 0.125. The fourth-order valence-electron chi connectivity index (χ4n) is 0.778. The second kappa shape index (κ2) is 4.14. The minimum atomic E-state index is -0.872. The van der Waals surface area contributed by atoms with Gasteiger partial charge in [-0.15, -0.1) is 0 Å². The molecule has 0 fully saturated rings. The van der Waals surface area contributed by atoms with Crippen LogP contribution in [-0.4, -0.2) is 11.1 Å². The number of benzene rings is 1. The standard InChI is InChI=1S/C8H8O2.Ni/c1-6-3-2-4-7(5-6)8(9)10;/h2-5H,1H3,(H,9,10);. The molecule has 1 N–H and O–H groups in total. The van der Waals surface area contributed by atoms with Crippen LogP contribution in [0.2, 0.25) is 0 Å². The molecule has 0 spiro atoms. The molecule has 0 saturated carbocycles. The van der Waals surface area contributed by atoms with Gasteiger partial charge in [0.15, 0.2) is 0 Å². The van der Waals surface area contributed by atoms with E-state index in [0.29, 0.717) is 5.56 Å². The SMILES string of the molecule is Cc1cccc(C(=O)O)c1.[Ni]. The Bertz CT molecular complexity index is 258. The Hall–Kier alpha value is -0.816. The first-order chi connectivity index (χ1) is 4.70. The molecule has 0 amide bonds. The van der Waals surface area contributed by atoms with E-state index in [-0.39, 0.29) is 16.5 Å². The van der Waals surface area contributed by atoms with Crippen LogP contribution in [0.15, 0.2) is 24.3 Å². The van der Waals surface area contributed by atoms with Crippen molar-refractivity contribution >= 4 is 5.97 Å². The first-order valence-electron chi connectivity index (χ1n) is 3.00. The molecule has 0 aliphatic rings. The van der Waals surface area contributed by atoms with Gasteiger partial charge in [0.25, 0.3) is 0 Å². The quantitative estimate of drug-likeness (QED) is 0.692. The van der Waals surface area contributed by atoms with Crippen molar-refractivity contribution in [3.05, 3.63) is 35.4 Å². The third-order valence-electron chi connectivity index (χ3n) is 1.27. The number of hydrogen-bond acceptors (Lipinski definition) is 1. The smallest absolute Gasteiger partial charge is 0.335 e. The molecule has 0 aliphatic heterocycles. The molecule has 11 heavy (non-hydrogen) atoms. The molecule has 1 aromatic rings. The number of carbonyl (C=O) groups is 1. The Labute approximate surface area is 75.2 Å². The summed E-state index contributed by atoms with van der Waals surface area (Å²) in [5.74, 6) is -0.872. The summed E-state index contributed by atoms with van der Waals surface area (Å²) < 4.78 is 0. The molecule has 62 valence electrons. The van der Waals surface area contributed by atoms with E-state index in [0.717, 1.165) is 5.56 Å². The van der Waals surface area contributed by atoms with Crippen molar-refractivity contribution in [2.24, 2.45) is 0 Å². The van der Waals surface area contributed by atoms with Crippen LogP contribution in [0.5, 0.6) is 0 Å². The van der Waals surface area contributed by atoms with Crippen LogP contribution in [-0.2, 0) is 16.5 Å². The zero-order valence-electron chi connectivity index (χ0n) is 5.98. The van der Waals surface area contributed by atoms with Crippen LogP contribution >= 0.6 is 0 Å². The van der Waals surface area contributed by atoms with Crippen molar-refractivity contribution in [3.63, 3.8) is 0 Å². The summed E-state index contributed by atoms with van der Waals surface area (Å²) >= 11 is 0.